The first-order valence-corrected chi connectivity index (χ1v) is 11.7. The minimum atomic E-state index is -0.676. The van der Waals surface area contributed by atoms with Crippen LogP contribution in [0, 0.1) is 5.82 Å². The number of ether oxygens (including phenoxy) is 2. The van der Waals surface area contributed by atoms with Crippen molar-refractivity contribution in [2.45, 2.75) is 25.5 Å². The van der Waals surface area contributed by atoms with E-state index >= 15 is 0 Å². The quantitative estimate of drug-likeness (QED) is 0.491. The highest BCUT2D eigenvalue weighted by Crippen LogP contribution is 2.34. The van der Waals surface area contributed by atoms with Crippen molar-refractivity contribution in [2.75, 3.05) is 46.0 Å². The van der Waals surface area contributed by atoms with Crippen LogP contribution in [0.4, 0.5) is 4.39 Å². The maximum absolute atomic E-state index is 13.3. The fourth-order valence-corrected chi connectivity index (χ4v) is 4.78. The first-order chi connectivity index (χ1) is 15.5. The minimum Gasteiger partial charge on any atom is -0.491 e. The third-order valence-electron chi connectivity index (χ3n) is 5.37. The van der Waals surface area contributed by atoms with E-state index in [0.717, 1.165) is 12.0 Å². The van der Waals surface area contributed by atoms with Gasteiger partial charge in [0.2, 0.25) is 5.91 Å². The lowest BCUT2D eigenvalue weighted by molar-refractivity contribution is -0.136. The number of aliphatic hydroxyl groups excluding tert-OH is 1. The Labute approximate surface area is 192 Å². The zero-order valence-electron chi connectivity index (χ0n) is 18.4. The van der Waals surface area contributed by atoms with E-state index in [2.05, 4.69) is 6.58 Å². The molecule has 0 spiro atoms. The van der Waals surface area contributed by atoms with E-state index in [9.17, 15) is 14.3 Å². The van der Waals surface area contributed by atoms with E-state index in [0.29, 0.717) is 32.0 Å². The first-order valence-electron chi connectivity index (χ1n) is 10.8. The number of carbonyl (C=O) groups excluding carboxylic acids is 1. The molecule has 32 heavy (non-hydrogen) atoms. The van der Waals surface area contributed by atoms with Crippen LogP contribution < -0.4 is 4.74 Å². The molecular formula is C24H31FN2O4S. The van der Waals surface area contributed by atoms with Crippen molar-refractivity contribution in [3.05, 3.63) is 64.6 Å². The smallest absolute Gasteiger partial charge is 0.237 e. The molecule has 0 radical (unpaired) electrons. The molecule has 6 nitrogen and oxygen atoms in total. The van der Waals surface area contributed by atoms with E-state index in [-0.39, 0.29) is 37.5 Å². The number of aliphatic hydroxyl groups is 1. The summed E-state index contributed by atoms with van der Waals surface area (Å²) in [5.41, 5.74) is 1.10. The molecule has 0 aliphatic carbocycles. The molecule has 0 saturated carbocycles. The van der Waals surface area contributed by atoms with Crippen LogP contribution in [0.1, 0.15) is 23.4 Å². The van der Waals surface area contributed by atoms with Gasteiger partial charge in [-0.05, 0) is 54.6 Å². The van der Waals surface area contributed by atoms with Gasteiger partial charge in [-0.15, -0.1) is 17.9 Å². The number of fused-ring (bicyclic) bond motifs is 1. The number of rotatable bonds is 12. The summed E-state index contributed by atoms with van der Waals surface area (Å²) in [6.45, 7) is 8.28. The van der Waals surface area contributed by atoms with E-state index < -0.39 is 6.10 Å². The normalized spacial score (nSPS) is 16.6. The zero-order chi connectivity index (χ0) is 22.9. The average molecular weight is 463 g/mol. The summed E-state index contributed by atoms with van der Waals surface area (Å²) < 4.78 is 24.4. The lowest BCUT2D eigenvalue weighted by Gasteiger charge is -2.37. The largest absolute Gasteiger partial charge is 0.491 e. The molecule has 2 aromatic rings. The van der Waals surface area contributed by atoms with E-state index in [1.807, 2.05) is 28.2 Å². The van der Waals surface area contributed by atoms with Gasteiger partial charge in [-0.25, -0.2) is 4.39 Å². The highest BCUT2D eigenvalue weighted by molar-refractivity contribution is 7.10. The second kappa shape index (κ2) is 12.1. The molecule has 0 unspecified atom stereocenters. The molecular weight excluding hydrogens is 431 g/mol. The lowest BCUT2D eigenvalue weighted by atomic mass is 10.0. The lowest BCUT2D eigenvalue weighted by Crippen LogP contribution is -2.48. The Bertz CT molecular complexity index is 873. The predicted molar refractivity (Wildman–Crippen MR) is 124 cm³/mol. The monoisotopic (exact) mass is 462 g/mol. The van der Waals surface area contributed by atoms with Crippen LogP contribution in [-0.2, 0) is 16.0 Å². The van der Waals surface area contributed by atoms with Crippen LogP contribution in [0.2, 0.25) is 0 Å². The van der Waals surface area contributed by atoms with Gasteiger partial charge < -0.3 is 19.5 Å². The molecule has 1 aromatic heterocycles. The molecule has 0 saturated heterocycles. The number of hydrogen-bond acceptors (Lipinski definition) is 6. The van der Waals surface area contributed by atoms with Crippen LogP contribution >= 0.6 is 11.3 Å². The van der Waals surface area contributed by atoms with Crippen molar-refractivity contribution in [1.29, 1.82) is 0 Å². The van der Waals surface area contributed by atoms with Gasteiger partial charge in [-0.3, -0.25) is 9.69 Å². The number of benzene rings is 1. The van der Waals surface area contributed by atoms with Crippen LogP contribution in [0.5, 0.6) is 5.75 Å². The first kappa shape index (κ1) is 24.4. The molecule has 174 valence electrons. The van der Waals surface area contributed by atoms with Gasteiger partial charge in [-0.2, -0.15) is 0 Å². The molecule has 1 N–H and O–H groups in total. The van der Waals surface area contributed by atoms with Gasteiger partial charge in [-0.1, -0.05) is 6.08 Å². The number of nitrogens with zero attached hydrogens (tertiary/aromatic N) is 2. The Balaban J connectivity index is 1.69. The Morgan fingerprint density at radius 3 is 2.91 bits per heavy atom. The average Bonchev–Trinajstić information content (AvgIpc) is 3.26. The number of amides is 1. The van der Waals surface area contributed by atoms with Crippen molar-refractivity contribution in [3.63, 3.8) is 0 Å². The fourth-order valence-electron chi connectivity index (χ4n) is 3.85. The maximum atomic E-state index is 13.3. The third kappa shape index (κ3) is 6.62. The molecule has 3 rings (SSSR count). The standard InChI is InChI=1S/C24H31FN2O4S/c1-3-11-26(14-19(28)16-30-4-2)15-24(29)27-12-9-23-21(10-13-32-23)22(27)17-31-20-7-5-18(25)6-8-20/h3,5-8,10,13,19,22,28H,1,4,9,11-12,14-17H2,2H3/t19-,22-/m0/s1. The summed E-state index contributed by atoms with van der Waals surface area (Å²) in [4.78, 5) is 18.3. The maximum Gasteiger partial charge on any atom is 0.237 e. The van der Waals surface area contributed by atoms with Crippen molar-refractivity contribution in [1.82, 2.24) is 9.80 Å². The van der Waals surface area contributed by atoms with Crippen LogP contribution in [0.3, 0.4) is 0 Å². The van der Waals surface area contributed by atoms with Gasteiger partial charge in [0.1, 0.15) is 18.2 Å². The molecule has 1 amide bonds. The molecule has 2 heterocycles. The second-order valence-corrected chi connectivity index (χ2v) is 8.71. The van der Waals surface area contributed by atoms with Gasteiger partial charge in [0.25, 0.3) is 0 Å². The number of thiophene rings is 1. The van der Waals surface area contributed by atoms with Crippen LogP contribution in [-0.4, -0.2) is 72.9 Å². The van der Waals surface area contributed by atoms with Gasteiger partial charge >= 0.3 is 0 Å². The summed E-state index contributed by atoms with van der Waals surface area (Å²) in [7, 11) is 0. The molecule has 2 atom stereocenters. The summed E-state index contributed by atoms with van der Waals surface area (Å²) >= 11 is 1.69. The SMILES string of the molecule is C=CCN(CC(=O)N1CCc2sccc2[C@@H]1COc1ccc(F)cc1)C[C@H](O)COCC. The van der Waals surface area contributed by atoms with Crippen molar-refractivity contribution in [3.8, 4) is 5.75 Å². The number of halogens is 1. The molecule has 0 fully saturated rings. The van der Waals surface area contributed by atoms with Crippen molar-refractivity contribution < 1.29 is 23.8 Å². The van der Waals surface area contributed by atoms with Crippen LogP contribution in [0.15, 0.2) is 48.4 Å². The Hall–Kier alpha value is -2.26. The molecule has 1 aliphatic rings. The molecule has 0 bridgehead atoms. The summed E-state index contributed by atoms with van der Waals surface area (Å²) in [6.07, 6.45) is 1.86. The van der Waals surface area contributed by atoms with E-state index in [4.69, 9.17) is 9.47 Å². The Kier molecular flexibility index (Phi) is 9.23. The Morgan fingerprint density at radius 2 is 2.19 bits per heavy atom. The van der Waals surface area contributed by atoms with Gasteiger partial charge in [0.15, 0.2) is 0 Å². The minimum absolute atomic E-state index is 0.0278. The molecule has 1 aliphatic heterocycles. The molecule has 8 heteroatoms. The fraction of sp³-hybridized carbons (Fsp3) is 0.458. The van der Waals surface area contributed by atoms with Crippen molar-refractivity contribution in [2.24, 2.45) is 0 Å². The van der Waals surface area contributed by atoms with E-state index in [1.165, 1.54) is 17.0 Å². The zero-order valence-corrected chi connectivity index (χ0v) is 19.2. The van der Waals surface area contributed by atoms with Crippen molar-refractivity contribution >= 4 is 17.2 Å². The third-order valence-corrected chi connectivity index (χ3v) is 6.36. The summed E-state index contributed by atoms with van der Waals surface area (Å²) in [6, 6.07) is 7.72. The van der Waals surface area contributed by atoms with Gasteiger partial charge in [0, 0.05) is 31.1 Å². The molecule has 1 aromatic carbocycles. The summed E-state index contributed by atoms with van der Waals surface area (Å²) in [5.74, 6) is 0.217. The highest BCUT2D eigenvalue weighted by atomic mass is 32.1. The number of carbonyl (C=O) groups is 1. The predicted octanol–water partition coefficient (Wildman–Crippen LogP) is 3.28. The highest BCUT2D eigenvalue weighted by Gasteiger charge is 2.33. The topological polar surface area (TPSA) is 62.2 Å². The van der Waals surface area contributed by atoms with Gasteiger partial charge in [0.05, 0.1) is 25.3 Å². The Morgan fingerprint density at radius 1 is 1.41 bits per heavy atom. The second-order valence-electron chi connectivity index (χ2n) is 7.71. The number of hydrogen-bond donors (Lipinski definition) is 1. The van der Waals surface area contributed by atoms with E-state index in [1.54, 1.807) is 29.5 Å². The summed E-state index contributed by atoms with van der Waals surface area (Å²) in [5, 5.41) is 12.3. The van der Waals surface area contributed by atoms with Crippen LogP contribution in [0.25, 0.3) is 0 Å².